The fraction of sp³-hybridized carbons (Fsp3) is 0.375. The average Bonchev–Trinajstić information content (AvgIpc) is 2.75. The van der Waals surface area contributed by atoms with Crippen LogP contribution in [-0.4, -0.2) is 17.6 Å². The van der Waals surface area contributed by atoms with E-state index in [1.165, 1.54) is 11.3 Å². The Hall–Kier alpha value is -1.88. The van der Waals surface area contributed by atoms with Crippen LogP contribution in [0.3, 0.4) is 0 Å². The van der Waals surface area contributed by atoms with Gasteiger partial charge >= 0.3 is 0 Å². The van der Waals surface area contributed by atoms with Crippen LogP contribution >= 0.6 is 11.3 Å². The minimum absolute atomic E-state index is 0.126. The molecule has 4 nitrogen and oxygen atoms in total. The van der Waals surface area contributed by atoms with Crippen molar-refractivity contribution in [1.82, 2.24) is 4.57 Å². The summed E-state index contributed by atoms with van der Waals surface area (Å²) >= 11 is 1.49. The van der Waals surface area contributed by atoms with Crippen molar-refractivity contribution in [2.45, 2.75) is 27.3 Å². The minimum Gasteiger partial charge on any atom is -0.497 e. The van der Waals surface area contributed by atoms with Crippen LogP contribution in [0.2, 0.25) is 0 Å². The van der Waals surface area contributed by atoms with E-state index in [9.17, 15) is 4.79 Å². The van der Waals surface area contributed by atoms with E-state index in [1.54, 1.807) is 13.2 Å². The van der Waals surface area contributed by atoms with Crippen molar-refractivity contribution < 1.29 is 9.53 Å². The van der Waals surface area contributed by atoms with Crippen molar-refractivity contribution in [2.24, 2.45) is 10.4 Å². The first-order valence-corrected chi connectivity index (χ1v) is 7.56. The molecule has 0 aliphatic rings. The molecule has 0 atom stereocenters. The molecule has 1 aromatic carbocycles. The van der Waals surface area contributed by atoms with Gasteiger partial charge in [0.1, 0.15) is 5.75 Å². The van der Waals surface area contributed by atoms with Gasteiger partial charge in [0, 0.05) is 12.0 Å². The monoisotopic (exact) mass is 304 g/mol. The molecule has 0 N–H and O–H groups in total. The van der Waals surface area contributed by atoms with Crippen LogP contribution in [0.4, 0.5) is 0 Å². The number of hydrogen-bond acceptors (Lipinski definition) is 3. The summed E-state index contributed by atoms with van der Waals surface area (Å²) in [4.78, 5) is 17.2. The quantitative estimate of drug-likeness (QED) is 0.816. The van der Waals surface area contributed by atoms with Crippen LogP contribution in [-0.2, 0) is 11.3 Å². The third kappa shape index (κ3) is 3.24. The van der Waals surface area contributed by atoms with Gasteiger partial charge in [-0.15, -0.1) is 6.58 Å². The molecule has 0 aliphatic carbocycles. The van der Waals surface area contributed by atoms with E-state index >= 15 is 0 Å². The number of hydrogen-bond donors (Lipinski definition) is 0. The van der Waals surface area contributed by atoms with E-state index in [-0.39, 0.29) is 5.91 Å². The number of carbonyl (C=O) groups excluding carboxylic acids is 1. The van der Waals surface area contributed by atoms with E-state index in [0.29, 0.717) is 11.3 Å². The van der Waals surface area contributed by atoms with Crippen LogP contribution < -0.4 is 9.54 Å². The summed E-state index contributed by atoms with van der Waals surface area (Å²) in [6.45, 7) is 10.00. The SMILES string of the molecule is C=CCn1c(=NC(=O)C(C)(C)C)sc2cc(OC)ccc21. The van der Waals surface area contributed by atoms with Gasteiger partial charge in [0.05, 0.1) is 17.3 Å². The Morgan fingerprint density at radius 2 is 2.19 bits per heavy atom. The fourth-order valence-electron chi connectivity index (χ4n) is 1.83. The molecule has 0 fully saturated rings. The molecule has 2 rings (SSSR count). The lowest BCUT2D eigenvalue weighted by Crippen LogP contribution is -2.23. The van der Waals surface area contributed by atoms with Gasteiger partial charge in [-0.25, -0.2) is 0 Å². The average molecular weight is 304 g/mol. The van der Waals surface area contributed by atoms with Gasteiger partial charge < -0.3 is 9.30 Å². The Morgan fingerprint density at radius 3 is 2.76 bits per heavy atom. The summed E-state index contributed by atoms with van der Waals surface area (Å²) in [5.41, 5.74) is 0.543. The molecule has 0 saturated carbocycles. The summed E-state index contributed by atoms with van der Waals surface area (Å²) in [6.07, 6.45) is 1.80. The Bertz CT molecular complexity index is 748. The van der Waals surface area contributed by atoms with E-state index in [0.717, 1.165) is 16.0 Å². The van der Waals surface area contributed by atoms with E-state index < -0.39 is 5.41 Å². The smallest absolute Gasteiger partial charge is 0.253 e. The standard InChI is InChI=1S/C16H20N2O2S/c1-6-9-18-12-8-7-11(20-5)10-13(12)21-15(18)17-14(19)16(2,3)4/h6-8,10H,1,9H2,2-5H3. The van der Waals surface area contributed by atoms with Crippen molar-refractivity contribution in [3.63, 3.8) is 0 Å². The van der Waals surface area contributed by atoms with Gasteiger partial charge in [-0.2, -0.15) is 4.99 Å². The molecule has 0 saturated heterocycles. The van der Waals surface area contributed by atoms with Gasteiger partial charge in [-0.1, -0.05) is 38.2 Å². The number of fused-ring (bicyclic) bond motifs is 1. The zero-order chi connectivity index (χ0) is 15.6. The predicted molar refractivity (Wildman–Crippen MR) is 86.6 cm³/mol. The third-order valence-electron chi connectivity index (χ3n) is 3.04. The fourth-order valence-corrected chi connectivity index (χ4v) is 2.89. The van der Waals surface area contributed by atoms with Crippen molar-refractivity contribution in [3.8, 4) is 5.75 Å². The third-order valence-corrected chi connectivity index (χ3v) is 4.08. The zero-order valence-corrected chi connectivity index (χ0v) is 13.7. The van der Waals surface area contributed by atoms with Crippen LogP contribution in [0.5, 0.6) is 5.75 Å². The molecule has 1 amide bonds. The lowest BCUT2D eigenvalue weighted by atomic mass is 9.96. The van der Waals surface area contributed by atoms with E-state index in [1.807, 2.05) is 43.5 Å². The molecule has 1 aromatic heterocycles. The van der Waals surface area contributed by atoms with Crippen molar-refractivity contribution in [3.05, 3.63) is 35.7 Å². The Kier molecular flexibility index (Phi) is 4.32. The van der Waals surface area contributed by atoms with Gasteiger partial charge in [-0.3, -0.25) is 4.79 Å². The van der Waals surface area contributed by atoms with Gasteiger partial charge in [0.25, 0.3) is 5.91 Å². The van der Waals surface area contributed by atoms with Gasteiger partial charge in [-0.05, 0) is 18.2 Å². The van der Waals surface area contributed by atoms with Crippen LogP contribution in [0.1, 0.15) is 20.8 Å². The maximum absolute atomic E-state index is 12.2. The molecular formula is C16H20N2O2S. The normalized spacial score (nSPS) is 12.7. The number of rotatable bonds is 3. The summed E-state index contributed by atoms with van der Waals surface area (Å²) in [6, 6.07) is 5.85. The van der Waals surface area contributed by atoms with Crippen molar-refractivity contribution >= 4 is 27.5 Å². The van der Waals surface area contributed by atoms with Gasteiger partial charge in [0.2, 0.25) is 0 Å². The first-order valence-electron chi connectivity index (χ1n) is 6.74. The molecule has 1 heterocycles. The maximum Gasteiger partial charge on any atom is 0.253 e. The second-order valence-corrected chi connectivity index (χ2v) is 6.79. The highest BCUT2D eigenvalue weighted by molar-refractivity contribution is 7.16. The molecule has 112 valence electrons. The van der Waals surface area contributed by atoms with Gasteiger partial charge in [0.15, 0.2) is 4.80 Å². The molecule has 0 radical (unpaired) electrons. The number of allylic oxidation sites excluding steroid dienone is 1. The van der Waals surface area contributed by atoms with Crippen LogP contribution in [0.25, 0.3) is 10.2 Å². The molecule has 0 aliphatic heterocycles. The van der Waals surface area contributed by atoms with E-state index in [4.69, 9.17) is 4.74 Å². The van der Waals surface area contributed by atoms with Crippen LogP contribution in [0, 0.1) is 5.41 Å². The van der Waals surface area contributed by atoms with Crippen LogP contribution in [0.15, 0.2) is 35.8 Å². The van der Waals surface area contributed by atoms with Crippen molar-refractivity contribution in [2.75, 3.05) is 7.11 Å². The largest absolute Gasteiger partial charge is 0.497 e. The van der Waals surface area contributed by atoms with Crippen molar-refractivity contribution in [1.29, 1.82) is 0 Å². The molecule has 5 heteroatoms. The first kappa shape index (κ1) is 15.5. The topological polar surface area (TPSA) is 43.6 Å². The first-order chi connectivity index (χ1) is 9.86. The highest BCUT2D eigenvalue weighted by Crippen LogP contribution is 2.23. The number of methoxy groups -OCH3 is 1. The molecule has 0 bridgehead atoms. The highest BCUT2D eigenvalue weighted by atomic mass is 32.1. The number of ether oxygens (including phenoxy) is 1. The highest BCUT2D eigenvalue weighted by Gasteiger charge is 2.21. The zero-order valence-electron chi connectivity index (χ0n) is 12.8. The number of aromatic nitrogens is 1. The second kappa shape index (κ2) is 5.85. The summed E-state index contributed by atoms with van der Waals surface area (Å²) in [5.74, 6) is 0.669. The Labute approximate surface area is 128 Å². The Balaban J connectivity index is 2.67. The molecule has 0 unspecified atom stereocenters. The number of amides is 1. The predicted octanol–water partition coefficient (Wildman–Crippen LogP) is 3.37. The molecule has 21 heavy (non-hydrogen) atoms. The maximum atomic E-state index is 12.2. The molecule has 0 spiro atoms. The molecule has 2 aromatic rings. The minimum atomic E-state index is -0.486. The number of carbonyl (C=O) groups is 1. The lowest BCUT2D eigenvalue weighted by molar-refractivity contribution is -0.125. The summed E-state index contributed by atoms with van der Waals surface area (Å²) in [5, 5.41) is 0. The van der Waals surface area contributed by atoms with E-state index in [2.05, 4.69) is 11.6 Å². The second-order valence-electron chi connectivity index (χ2n) is 5.78. The lowest BCUT2D eigenvalue weighted by Gasteiger charge is -2.11. The summed E-state index contributed by atoms with van der Waals surface area (Å²) in [7, 11) is 1.64. The summed E-state index contributed by atoms with van der Waals surface area (Å²) < 4.78 is 8.28. The Morgan fingerprint density at radius 1 is 1.48 bits per heavy atom. The number of thiazole rings is 1. The number of nitrogens with zero attached hydrogens (tertiary/aromatic N) is 2. The number of benzene rings is 1. The molecular weight excluding hydrogens is 284 g/mol.